The van der Waals surface area contributed by atoms with Crippen LogP contribution in [0.3, 0.4) is 0 Å². The molecule has 2 aliphatic rings. The number of rotatable bonds is 6. The standard InChI is InChI=1S/C25H24ClF3N2O3S/c26-21-9-17-19(13-35-23(17)10-20(21)25(27,28)29)14-4-5-22(18(8-14)24(32)33)31-6-7-34-16(12-31)11-30-15-2-1-3-15/h4-5,8-10,13,15-16,30H,1-3,6-7,11-12H2,(H,32,33)/t16-/m0/s1. The molecule has 2 N–H and O–H groups in total. The van der Waals surface area contributed by atoms with Gasteiger partial charge in [0.15, 0.2) is 0 Å². The van der Waals surface area contributed by atoms with Crippen molar-refractivity contribution in [3.8, 4) is 11.1 Å². The van der Waals surface area contributed by atoms with Gasteiger partial charge in [-0.15, -0.1) is 11.3 Å². The summed E-state index contributed by atoms with van der Waals surface area (Å²) in [6, 6.07) is 8.07. The van der Waals surface area contributed by atoms with Gasteiger partial charge in [-0.3, -0.25) is 0 Å². The van der Waals surface area contributed by atoms with E-state index in [0.717, 1.165) is 12.6 Å². The number of carboxylic acid groups (broad SMARTS) is 1. The summed E-state index contributed by atoms with van der Waals surface area (Å²) in [5, 5.41) is 15.4. The quantitative estimate of drug-likeness (QED) is 0.397. The molecule has 2 aromatic carbocycles. The maximum Gasteiger partial charge on any atom is 0.417 e. The van der Waals surface area contributed by atoms with Crippen LogP contribution in [0.4, 0.5) is 18.9 Å². The second-order valence-electron chi connectivity index (χ2n) is 8.99. The molecular formula is C25H24ClF3N2O3S. The summed E-state index contributed by atoms with van der Waals surface area (Å²) in [6.45, 7) is 2.39. The van der Waals surface area contributed by atoms with E-state index >= 15 is 0 Å². The van der Waals surface area contributed by atoms with Crippen LogP contribution in [0, 0.1) is 0 Å². The van der Waals surface area contributed by atoms with Crippen molar-refractivity contribution >= 4 is 44.7 Å². The molecule has 1 saturated heterocycles. The lowest BCUT2D eigenvalue weighted by Crippen LogP contribution is -2.49. The number of carbonyl (C=O) groups is 1. The molecule has 10 heteroatoms. The van der Waals surface area contributed by atoms with E-state index in [1.165, 1.54) is 36.7 Å². The van der Waals surface area contributed by atoms with Crippen LogP contribution in [-0.4, -0.2) is 49.5 Å². The Labute approximate surface area is 209 Å². The average molecular weight is 525 g/mol. The average Bonchev–Trinajstić information content (AvgIpc) is 3.19. The third-order valence-electron chi connectivity index (χ3n) is 6.73. The maximum atomic E-state index is 13.2. The molecule has 5 rings (SSSR count). The first-order valence-corrected chi connectivity index (χ1v) is 12.7. The fourth-order valence-corrected chi connectivity index (χ4v) is 5.87. The number of anilines is 1. The van der Waals surface area contributed by atoms with Gasteiger partial charge < -0.3 is 20.1 Å². The lowest BCUT2D eigenvalue weighted by molar-refractivity contribution is -0.137. The highest BCUT2D eigenvalue weighted by Crippen LogP contribution is 2.42. The Bertz CT molecular complexity index is 1260. The zero-order chi connectivity index (χ0) is 24.7. The zero-order valence-electron chi connectivity index (χ0n) is 18.7. The Morgan fingerprint density at radius 1 is 1.26 bits per heavy atom. The molecule has 1 aromatic heterocycles. The van der Waals surface area contributed by atoms with Gasteiger partial charge in [-0.1, -0.05) is 24.1 Å². The molecule has 1 saturated carbocycles. The lowest BCUT2D eigenvalue weighted by Gasteiger charge is -2.37. The van der Waals surface area contributed by atoms with Crippen LogP contribution >= 0.6 is 22.9 Å². The van der Waals surface area contributed by atoms with Crippen molar-refractivity contribution in [2.75, 3.05) is 31.1 Å². The Balaban J connectivity index is 1.43. The van der Waals surface area contributed by atoms with Gasteiger partial charge in [-0.2, -0.15) is 13.2 Å². The number of hydrogen-bond donors (Lipinski definition) is 2. The smallest absolute Gasteiger partial charge is 0.417 e. The first-order valence-electron chi connectivity index (χ1n) is 11.5. The second kappa shape index (κ2) is 9.61. The molecule has 1 aliphatic heterocycles. The van der Waals surface area contributed by atoms with E-state index in [4.69, 9.17) is 16.3 Å². The first-order chi connectivity index (χ1) is 16.7. The maximum absolute atomic E-state index is 13.2. The molecule has 0 amide bonds. The SMILES string of the molecule is O=C(O)c1cc(-c2csc3cc(C(F)(F)F)c(Cl)cc23)ccc1N1CCO[C@@H](CNC2CCC2)C1. The predicted molar refractivity (Wildman–Crippen MR) is 132 cm³/mol. The van der Waals surface area contributed by atoms with Gasteiger partial charge in [0.25, 0.3) is 0 Å². The van der Waals surface area contributed by atoms with Gasteiger partial charge >= 0.3 is 12.1 Å². The summed E-state index contributed by atoms with van der Waals surface area (Å²) in [7, 11) is 0. The van der Waals surface area contributed by atoms with Crippen molar-refractivity contribution in [2.24, 2.45) is 0 Å². The summed E-state index contributed by atoms with van der Waals surface area (Å²) >= 11 is 7.12. The third-order valence-corrected chi connectivity index (χ3v) is 7.98. The number of hydrogen-bond acceptors (Lipinski definition) is 5. The second-order valence-corrected chi connectivity index (χ2v) is 10.3. The number of alkyl halides is 3. The molecule has 186 valence electrons. The zero-order valence-corrected chi connectivity index (χ0v) is 20.3. The molecule has 2 fully saturated rings. The number of ether oxygens (including phenoxy) is 1. The lowest BCUT2D eigenvalue weighted by atomic mass is 9.93. The minimum absolute atomic E-state index is 0.0311. The van der Waals surface area contributed by atoms with Crippen molar-refractivity contribution in [3.05, 3.63) is 51.9 Å². The van der Waals surface area contributed by atoms with Gasteiger partial charge in [0.2, 0.25) is 0 Å². The van der Waals surface area contributed by atoms with Crippen LogP contribution in [0.25, 0.3) is 21.2 Å². The van der Waals surface area contributed by atoms with Gasteiger partial charge in [-0.05, 0) is 48.1 Å². The normalized spacial score (nSPS) is 19.2. The predicted octanol–water partition coefficient (Wildman–Crippen LogP) is 6.29. The number of fused-ring (bicyclic) bond motifs is 1. The van der Waals surface area contributed by atoms with Gasteiger partial charge in [0.1, 0.15) is 0 Å². The number of aromatic carboxylic acids is 1. The number of nitrogens with zero attached hydrogens (tertiary/aromatic N) is 1. The highest BCUT2D eigenvalue weighted by molar-refractivity contribution is 7.17. The largest absolute Gasteiger partial charge is 0.478 e. The molecule has 5 nitrogen and oxygen atoms in total. The summed E-state index contributed by atoms with van der Waals surface area (Å²) < 4.78 is 46.0. The molecule has 0 unspecified atom stereocenters. The fraction of sp³-hybridized carbons (Fsp3) is 0.400. The monoisotopic (exact) mass is 524 g/mol. The Morgan fingerprint density at radius 3 is 2.74 bits per heavy atom. The van der Waals surface area contributed by atoms with E-state index in [1.807, 2.05) is 11.0 Å². The fourth-order valence-electron chi connectivity index (χ4n) is 4.61. The Hall–Kier alpha value is -2.33. The number of nitrogens with one attached hydrogen (secondary N) is 1. The van der Waals surface area contributed by atoms with Crippen molar-refractivity contribution in [2.45, 2.75) is 37.6 Å². The molecule has 1 aliphatic carbocycles. The summed E-state index contributed by atoms with van der Waals surface area (Å²) in [6.07, 6.45) is -0.964. The Morgan fingerprint density at radius 2 is 2.06 bits per heavy atom. The number of morpholine rings is 1. The van der Waals surface area contributed by atoms with Gasteiger partial charge in [0, 0.05) is 41.3 Å². The van der Waals surface area contributed by atoms with Crippen LogP contribution < -0.4 is 10.2 Å². The molecular weight excluding hydrogens is 501 g/mol. The van der Waals surface area contributed by atoms with E-state index < -0.39 is 17.7 Å². The van der Waals surface area contributed by atoms with Crippen molar-refractivity contribution in [1.29, 1.82) is 0 Å². The number of thiophene rings is 1. The molecule has 0 spiro atoms. The molecule has 0 radical (unpaired) electrons. The van der Waals surface area contributed by atoms with E-state index in [2.05, 4.69) is 5.32 Å². The minimum atomic E-state index is -4.54. The first kappa shape index (κ1) is 24.4. The van der Waals surface area contributed by atoms with E-state index in [9.17, 15) is 23.1 Å². The molecule has 2 heterocycles. The van der Waals surface area contributed by atoms with Crippen molar-refractivity contribution < 1.29 is 27.8 Å². The minimum Gasteiger partial charge on any atom is -0.478 e. The molecule has 3 aromatic rings. The molecule has 1 atom stereocenters. The molecule has 0 bridgehead atoms. The van der Waals surface area contributed by atoms with Gasteiger partial charge in [-0.25, -0.2) is 4.79 Å². The van der Waals surface area contributed by atoms with E-state index in [-0.39, 0.29) is 16.7 Å². The van der Waals surface area contributed by atoms with Crippen LogP contribution in [0.2, 0.25) is 5.02 Å². The third kappa shape index (κ3) is 5.00. The number of benzene rings is 2. The number of halogens is 4. The summed E-state index contributed by atoms with van der Waals surface area (Å²) in [4.78, 5) is 14.2. The summed E-state index contributed by atoms with van der Waals surface area (Å²) in [5.41, 5.74) is 1.14. The van der Waals surface area contributed by atoms with E-state index in [0.29, 0.717) is 52.6 Å². The van der Waals surface area contributed by atoms with Crippen LogP contribution in [0.5, 0.6) is 0 Å². The van der Waals surface area contributed by atoms with Crippen molar-refractivity contribution in [1.82, 2.24) is 5.32 Å². The van der Waals surface area contributed by atoms with Crippen LogP contribution in [-0.2, 0) is 10.9 Å². The Kier molecular flexibility index (Phi) is 6.69. The van der Waals surface area contributed by atoms with Gasteiger partial charge in [0.05, 0.1) is 34.5 Å². The van der Waals surface area contributed by atoms with Crippen LogP contribution in [0.1, 0.15) is 35.2 Å². The number of carboxylic acids is 1. The van der Waals surface area contributed by atoms with Crippen molar-refractivity contribution in [3.63, 3.8) is 0 Å². The summed E-state index contributed by atoms with van der Waals surface area (Å²) in [5.74, 6) is -1.06. The van der Waals surface area contributed by atoms with E-state index in [1.54, 1.807) is 17.5 Å². The molecule has 35 heavy (non-hydrogen) atoms. The van der Waals surface area contributed by atoms with Crippen LogP contribution in [0.15, 0.2) is 35.7 Å². The highest BCUT2D eigenvalue weighted by Gasteiger charge is 2.34. The topological polar surface area (TPSA) is 61.8 Å². The highest BCUT2D eigenvalue weighted by atomic mass is 35.5.